The summed E-state index contributed by atoms with van der Waals surface area (Å²) in [5.74, 6) is -0.492. The molecule has 0 aliphatic rings. The van der Waals surface area contributed by atoms with Crippen LogP contribution in [0.1, 0.15) is 10.4 Å². The van der Waals surface area contributed by atoms with E-state index in [1.54, 1.807) is 6.07 Å². The molecule has 3 amide bonds. The average molecular weight is 195 g/mol. The van der Waals surface area contributed by atoms with E-state index < -0.39 is 11.9 Å². The average Bonchev–Trinajstić information content (AvgIpc) is 2.16. The van der Waals surface area contributed by atoms with Crippen LogP contribution < -0.4 is 15.8 Å². The Morgan fingerprint density at radius 3 is 2.86 bits per heavy atom. The van der Waals surface area contributed by atoms with Crippen molar-refractivity contribution in [3.05, 3.63) is 23.9 Å². The standard InChI is InChI=1S/C8H9N3O3/c1-14-7-5(3-2-4-10-7)6(12)11-8(9)13/h2-4H,1H3,(H3,9,11,12,13). The molecule has 6 nitrogen and oxygen atoms in total. The summed E-state index contributed by atoms with van der Waals surface area (Å²) in [5.41, 5.74) is 4.95. The van der Waals surface area contributed by atoms with Crippen LogP contribution in [0.2, 0.25) is 0 Å². The van der Waals surface area contributed by atoms with Gasteiger partial charge in [-0.05, 0) is 12.1 Å². The topological polar surface area (TPSA) is 94.3 Å². The number of carbonyl (C=O) groups is 2. The molecule has 74 valence electrons. The smallest absolute Gasteiger partial charge is 0.319 e. The lowest BCUT2D eigenvalue weighted by Crippen LogP contribution is -2.35. The number of hydrogen-bond acceptors (Lipinski definition) is 4. The van der Waals surface area contributed by atoms with E-state index in [4.69, 9.17) is 10.5 Å². The second-order valence-electron chi connectivity index (χ2n) is 2.38. The molecule has 0 unspecified atom stereocenters. The van der Waals surface area contributed by atoms with Gasteiger partial charge in [-0.1, -0.05) is 0 Å². The Morgan fingerprint density at radius 2 is 2.29 bits per heavy atom. The lowest BCUT2D eigenvalue weighted by atomic mass is 10.2. The molecule has 14 heavy (non-hydrogen) atoms. The number of hydrogen-bond donors (Lipinski definition) is 2. The maximum Gasteiger partial charge on any atom is 0.319 e. The van der Waals surface area contributed by atoms with E-state index in [0.29, 0.717) is 0 Å². The van der Waals surface area contributed by atoms with Gasteiger partial charge < -0.3 is 10.5 Å². The van der Waals surface area contributed by atoms with Crippen LogP contribution in [-0.2, 0) is 0 Å². The molecule has 1 aromatic rings. The van der Waals surface area contributed by atoms with Crippen molar-refractivity contribution >= 4 is 11.9 Å². The minimum Gasteiger partial charge on any atom is -0.480 e. The van der Waals surface area contributed by atoms with E-state index in [0.717, 1.165) is 0 Å². The summed E-state index contributed by atoms with van der Waals surface area (Å²) < 4.78 is 4.82. The Bertz CT molecular complexity index is 365. The molecule has 0 saturated heterocycles. The van der Waals surface area contributed by atoms with Gasteiger partial charge in [0.2, 0.25) is 5.88 Å². The molecule has 0 aromatic carbocycles. The number of pyridine rings is 1. The van der Waals surface area contributed by atoms with Gasteiger partial charge in [-0.2, -0.15) is 0 Å². The van der Waals surface area contributed by atoms with Crippen molar-refractivity contribution in [2.75, 3.05) is 7.11 Å². The zero-order valence-electron chi connectivity index (χ0n) is 7.48. The van der Waals surface area contributed by atoms with Crippen LogP contribution in [0.4, 0.5) is 4.79 Å². The van der Waals surface area contributed by atoms with Gasteiger partial charge in [0.1, 0.15) is 5.56 Å². The fourth-order valence-electron chi connectivity index (χ4n) is 0.906. The Morgan fingerprint density at radius 1 is 1.57 bits per heavy atom. The number of methoxy groups -OCH3 is 1. The van der Waals surface area contributed by atoms with Gasteiger partial charge >= 0.3 is 6.03 Å². The summed E-state index contributed by atoms with van der Waals surface area (Å²) in [7, 11) is 1.38. The van der Waals surface area contributed by atoms with Crippen LogP contribution in [0.15, 0.2) is 18.3 Å². The molecule has 0 atom stereocenters. The van der Waals surface area contributed by atoms with E-state index in [-0.39, 0.29) is 11.4 Å². The van der Waals surface area contributed by atoms with Crippen LogP contribution in [0.25, 0.3) is 0 Å². The number of urea groups is 1. The molecule has 6 heteroatoms. The van der Waals surface area contributed by atoms with Crippen molar-refractivity contribution in [1.82, 2.24) is 10.3 Å². The molecule has 0 bridgehead atoms. The van der Waals surface area contributed by atoms with Crippen LogP contribution in [0, 0.1) is 0 Å². The first-order chi connectivity index (χ1) is 6.65. The summed E-state index contributed by atoms with van der Waals surface area (Å²) in [6.45, 7) is 0. The van der Waals surface area contributed by atoms with E-state index in [1.165, 1.54) is 19.4 Å². The first-order valence-electron chi connectivity index (χ1n) is 3.75. The molecule has 0 aliphatic heterocycles. The predicted octanol–water partition coefficient (Wildman–Crippen LogP) is -0.101. The van der Waals surface area contributed by atoms with Gasteiger partial charge in [-0.15, -0.1) is 0 Å². The van der Waals surface area contributed by atoms with Gasteiger partial charge in [0.15, 0.2) is 0 Å². The normalized spacial score (nSPS) is 9.21. The molecule has 0 saturated carbocycles. The van der Waals surface area contributed by atoms with E-state index in [1.807, 2.05) is 5.32 Å². The highest BCUT2D eigenvalue weighted by molar-refractivity contribution is 6.05. The summed E-state index contributed by atoms with van der Waals surface area (Å²) in [4.78, 5) is 25.5. The van der Waals surface area contributed by atoms with E-state index >= 15 is 0 Å². The molecule has 1 heterocycles. The number of ether oxygens (including phenoxy) is 1. The minimum atomic E-state index is -0.916. The second-order valence-corrected chi connectivity index (χ2v) is 2.38. The van der Waals surface area contributed by atoms with Crippen molar-refractivity contribution in [2.24, 2.45) is 5.73 Å². The number of carbonyl (C=O) groups excluding carboxylic acids is 2. The number of aromatic nitrogens is 1. The predicted molar refractivity (Wildman–Crippen MR) is 47.8 cm³/mol. The lowest BCUT2D eigenvalue weighted by molar-refractivity contribution is 0.0962. The fourth-order valence-corrected chi connectivity index (χ4v) is 0.906. The molecule has 0 spiro atoms. The molecule has 3 N–H and O–H groups in total. The van der Waals surface area contributed by atoms with Gasteiger partial charge in [-0.3, -0.25) is 10.1 Å². The molecular weight excluding hydrogens is 186 g/mol. The van der Waals surface area contributed by atoms with Crippen LogP contribution in [0.3, 0.4) is 0 Å². The first-order valence-corrected chi connectivity index (χ1v) is 3.75. The highest BCUT2D eigenvalue weighted by atomic mass is 16.5. The van der Waals surface area contributed by atoms with E-state index in [9.17, 15) is 9.59 Å². The number of primary amides is 1. The zero-order chi connectivity index (χ0) is 10.6. The number of rotatable bonds is 2. The van der Waals surface area contributed by atoms with Crippen molar-refractivity contribution in [3.63, 3.8) is 0 Å². The maximum atomic E-state index is 11.3. The molecule has 0 radical (unpaired) electrons. The number of nitrogens with zero attached hydrogens (tertiary/aromatic N) is 1. The number of amides is 3. The van der Waals surface area contributed by atoms with Crippen LogP contribution >= 0.6 is 0 Å². The number of imide groups is 1. The number of nitrogens with one attached hydrogen (secondary N) is 1. The van der Waals surface area contributed by atoms with Crippen molar-refractivity contribution in [1.29, 1.82) is 0 Å². The minimum absolute atomic E-state index is 0.145. The van der Waals surface area contributed by atoms with Crippen molar-refractivity contribution < 1.29 is 14.3 Å². The summed E-state index contributed by atoms with van der Waals surface area (Å²) in [6, 6.07) is 2.11. The summed E-state index contributed by atoms with van der Waals surface area (Å²) >= 11 is 0. The Hall–Kier alpha value is -2.11. The SMILES string of the molecule is COc1ncccc1C(=O)NC(N)=O. The van der Waals surface area contributed by atoms with Crippen LogP contribution in [-0.4, -0.2) is 24.0 Å². The summed E-state index contributed by atoms with van der Waals surface area (Å²) in [6.07, 6.45) is 1.47. The maximum absolute atomic E-state index is 11.3. The van der Waals surface area contributed by atoms with Gasteiger partial charge in [0, 0.05) is 6.20 Å². The Balaban J connectivity index is 2.94. The quantitative estimate of drug-likeness (QED) is 0.688. The molecular formula is C8H9N3O3. The highest BCUT2D eigenvalue weighted by Gasteiger charge is 2.13. The zero-order valence-corrected chi connectivity index (χ0v) is 7.48. The Labute approximate surface area is 80.1 Å². The van der Waals surface area contributed by atoms with Crippen LogP contribution in [0.5, 0.6) is 5.88 Å². The third kappa shape index (κ3) is 2.19. The lowest BCUT2D eigenvalue weighted by Gasteiger charge is -2.04. The third-order valence-electron chi connectivity index (χ3n) is 1.45. The number of nitrogens with two attached hydrogens (primary N) is 1. The monoisotopic (exact) mass is 195 g/mol. The van der Waals surface area contributed by atoms with Gasteiger partial charge in [0.25, 0.3) is 5.91 Å². The van der Waals surface area contributed by atoms with E-state index in [2.05, 4.69) is 4.98 Å². The fraction of sp³-hybridized carbons (Fsp3) is 0.125. The van der Waals surface area contributed by atoms with Crippen molar-refractivity contribution in [3.8, 4) is 5.88 Å². The molecule has 0 aliphatic carbocycles. The third-order valence-corrected chi connectivity index (χ3v) is 1.45. The molecule has 0 fully saturated rings. The van der Waals surface area contributed by atoms with Gasteiger partial charge in [0.05, 0.1) is 7.11 Å². The Kier molecular flexibility index (Phi) is 3.01. The largest absolute Gasteiger partial charge is 0.480 e. The summed E-state index contributed by atoms with van der Waals surface area (Å²) in [5, 5.41) is 1.91. The molecule has 1 aromatic heterocycles. The first kappa shape index (κ1) is 9.97. The van der Waals surface area contributed by atoms with Crippen molar-refractivity contribution in [2.45, 2.75) is 0 Å². The second kappa shape index (κ2) is 4.22. The highest BCUT2D eigenvalue weighted by Crippen LogP contribution is 2.12. The molecule has 1 rings (SSSR count). The van der Waals surface area contributed by atoms with Gasteiger partial charge in [-0.25, -0.2) is 9.78 Å².